The zero-order valence-electron chi connectivity index (χ0n) is 12.7. The van der Waals surface area contributed by atoms with Crippen LogP contribution in [0.3, 0.4) is 0 Å². The Morgan fingerprint density at radius 2 is 1.88 bits per heavy atom. The Bertz CT molecular complexity index is 204. The monoisotopic (exact) mass is 239 g/mol. The summed E-state index contributed by atoms with van der Waals surface area (Å²) >= 11 is 0. The fourth-order valence-electron chi connectivity index (χ4n) is 3.21. The van der Waals surface area contributed by atoms with Crippen LogP contribution in [0.2, 0.25) is 0 Å². The van der Waals surface area contributed by atoms with Gasteiger partial charge in [0, 0.05) is 6.04 Å². The van der Waals surface area contributed by atoms with Crippen molar-refractivity contribution < 1.29 is 0 Å². The van der Waals surface area contributed by atoms with Crippen LogP contribution in [0.25, 0.3) is 0 Å². The summed E-state index contributed by atoms with van der Waals surface area (Å²) in [5.74, 6) is 1.96. The van der Waals surface area contributed by atoms with Crippen molar-refractivity contribution in [2.24, 2.45) is 17.3 Å². The van der Waals surface area contributed by atoms with E-state index in [2.05, 4.69) is 39.9 Å². The molecule has 102 valence electrons. The molecule has 1 aliphatic carbocycles. The molecule has 1 heteroatoms. The van der Waals surface area contributed by atoms with Crippen LogP contribution in [-0.2, 0) is 0 Å². The predicted molar refractivity (Wildman–Crippen MR) is 77.3 cm³/mol. The lowest BCUT2D eigenvalue weighted by Gasteiger charge is -2.28. The van der Waals surface area contributed by atoms with Crippen LogP contribution in [0, 0.1) is 17.3 Å². The van der Waals surface area contributed by atoms with Gasteiger partial charge >= 0.3 is 0 Å². The van der Waals surface area contributed by atoms with Crippen molar-refractivity contribution in [3.05, 3.63) is 0 Å². The number of nitrogens with one attached hydrogen (secondary N) is 1. The van der Waals surface area contributed by atoms with Crippen LogP contribution in [0.4, 0.5) is 0 Å². The first kappa shape index (κ1) is 15.0. The largest absolute Gasteiger partial charge is 0.314 e. The Hall–Kier alpha value is -0.0400. The molecule has 0 heterocycles. The molecular weight excluding hydrogens is 206 g/mol. The van der Waals surface area contributed by atoms with Gasteiger partial charge in [0.1, 0.15) is 0 Å². The quantitative estimate of drug-likeness (QED) is 0.713. The molecule has 0 bridgehead atoms. The van der Waals surface area contributed by atoms with Crippen molar-refractivity contribution in [3.8, 4) is 0 Å². The Labute approximate surface area is 109 Å². The molecule has 3 unspecified atom stereocenters. The second-order valence-corrected chi connectivity index (χ2v) is 7.11. The topological polar surface area (TPSA) is 12.0 Å². The second-order valence-electron chi connectivity index (χ2n) is 7.11. The lowest BCUT2D eigenvalue weighted by molar-refractivity contribution is 0.277. The molecule has 1 N–H and O–H groups in total. The lowest BCUT2D eigenvalue weighted by atomic mass is 9.84. The minimum atomic E-state index is 0.483. The maximum atomic E-state index is 3.74. The van der Waals surface area contributed by atoms with Crippen molar-refractivity contribution in [1.82, 2.24) is 5.32 Å². The molecule has 1 aliphatic rings. The van der Waals surface area contributed by atoms with Crippen molar-refractivity contribution >= 4 is 0 Å². The third-order valence-corrected chi connectivity index (χ3v) is 4.40. The van der Waals surface area contributed by atoms with E-state index in [1.165, 1.54) is 38.5 Å². The molecule has 0 aliphatic heterocycles. The zero-order chi connectivity index (χ0) is 12.9. The fourth-order valence-corrected chi connectivity index (χ4v) is 3.21. The first-order valence-electron chi connectivity index (χ1n) is 7.69. The van der Waals surface area contributed by atoms with E-state index >= 15 is 0 Å². The maximum Gasteiger partial charge on any atom is 0.00955 e. The van der Waals surface area contributed by atoms with Gasteiger partial charge in [-0.25, -0.2) is 0 Å². The first-order valence-corrected chi connectivity index (χ1v) is 7.69. The van der Waals surface area contributed by atoms with Crippen molar-refractivity contribution in [2.45, 2.75) is 79.2 Å². The van der Waals surface area contributed by atoms with Crippen LogP contribution < -0.4 is 5.32 Å². The SMILES string of the molecule is CCNC(CCC(C)(C)C)C1CCC(CC)C1. The molecule has 0 radical (unpaired) electrons. The third-order valence-electron chi connectivity index (χ3n) is 4.40. The molecule has 0 spiro atoms. The van der Waals surface area contributed by atoms with E-state index in [9.17, 15) is 0 Å². The number of rotatable bonds is 6. The highest BCUT2D eigenvalue weighted by molar-refractivity contribution is 4.85. The molecule has 0 saturated heterocycles. The summed E-state index contributed by atoms with van der Waals surface area (Å²) in [5, 5.41) is 3.74. The summed E-state index contributed by atoms with van der Waals surface area (Å²) in [5.41, 5.74) is 0.483. The van der Waals surface area contributed by atoms with Gasteiger partial charge in [-0.1, -0.05) is 47.5 Å². The van der Waals surface area contributed by atoms with Crippen LogP contribution in [-0.4, -0.2) is 12.6 Å². The smallest absolute Gasteiger partial charge is 0.00955 e. The Balaban J connectivity index is 2.42. The van der Waals surface area contributed by atoms with Gasteiger partial charge in [0.25, 0.3) is 0 Å². The summed E-state index contributed by atoms with van der Waals surface area (Å²) in [6, 6.07) is 0.774. The summed E-state index contributed by atoms with van der Waals surface area (Å²) in [4.78, 5) is 0. The van der Waals surface area contributed by atoms with Crippen LogP contribution in [0.1, 0.15) is 73.1 Å². The van der Waals surface area contributed by atoms with E-state index in [1.807, 2.05) is 0 Å². The second kappa shape index (κ2) is 6.78. The van der Waals surface area contributed by atoms with E-state index in [4.69, 9.17) is 0 Å². The third kappa shape index (κ3) is 5.42. The molecule has 1 fully saturated rings. The lowest BCUT2D eigenvalue weighted by Crippen LogP contribution is -2.36. The average Bonchev–Trinajstić information content (AvgIpc) is 2.71. The minimum absolute atomic E-state index is 0.483. The van der Waals surface area contributed by atoms with Gasteiger partial charge in [0.05, 0.1) is 0 Å². The Kier molecular flexibility index (Phi) is 5.99. The molecule has 3 atom stereocenters. The van der Waals surface area contributed by atoms with E-state index in [0.29, 0.717) is 5.41 Å². The van der Waals surface area contributed by atoms with Crippen LogP contribution in [0.15, 0.2) is 0 Å². The molecule has 0 amide bonds. The van der Waals surface area contributed by atoms with Gasteiger partial charge in [-0.2, -0.15) is 0 Å². The molecule has 1 nitrogen and oxygen atoms in total. The molecule has 17 heavy (non-hydrogen) atoms. The normalized spacial score (nSPS) is 27.4. The highest BCUT2D eigenvalue weighted by Gasteiger charge is 2.30. The summed E-state index contributed by atoms with van der Waals surface area (Å²) in [6.45, 7) is 12.8. The van der Waals surface area contributed by atoms with Crippen LogP contribution >= 0.6 is 0 Å². The summed E-state index contributed by atoms with van der Waals surface area (Å²) in [6.07, 6.45) is 8.49. The first-order chi connectivity index (χ1) is 7.96. The molecule has 0 aromatic heterocycles. The van der Waals surface area contributed by atoms with E-state index < -0.39 is 0 Å². The van der Waals surface area contributed by atoms with Crippen molar-refractivity contribution in [1.29, 1.82) is 0 Å². The molecular formula is C16H33N. The van der Waals surface area contributed by atoms with Crippen molar-refractivity contribution in [2.75, 3.05) is 6.54 Å². The van der Waals surface area contributed by atoms with Gasteiger partial charge < -0.3 is 5.32 Å². The van der Waals surface area contributed by atoms with Crippen molar-refractivity contribution in [3.63, 3.8) is 0 Å². The van der Waals surface area contributed by atoms with Gasteiger partial charge in [0.2, 0.25) is 0 Å². The van der Waals surface area contributed by atoms with Gasteiger partial charge in [-0.3, -0.25) is 0 Å². The molecule has 0 aromatic rings. The molecule has 0 aromatic carbocycles. The Morgan fingerprint density at radius 3 is 2.35 bits per heavy atom. The highest BCUT2D eigenvalue weighted by atomic mass is 14.9. The highest BCUT2D eigenvalue weighted by Crippen LogP contribution is 2.37. The minimum Gasteiger partial charge on any atom is -0.314 e. The molecule has 1 rings (SSSR count). The summed E-state index contributed by atoms with van der Waals surface area (Å²) in [7, 11) is 0. The Morgan fingerprint density at radius 1 is 1.18 bits per heavy atom. The fraction of sp³-hybridized carbons (Fsp3) is 1.00. The van der Waals surface area contributed by atoms with Gasteiger partial charge in [0.15, 0.2) is 0 Å². The zero-order valence-corrected chi connectivity index (χ0v) is 12.7. The average molecular weight is 239 g/mol. The van der Waals surface area contributed by atoms with E-state index in [0.717, 1.165) is 24.4 Å². The van der Waals surface area contributed by atoms with E-state index in [1.54, 1.807) is 0 Å². The van der Waals surface area contributed by atoms with Gasteiger partial charge in [-0.15, -0.1) is 0 Å². The number of hydrogen-bond donors (Lipinski definition) is 1. The standard InChI is InChI=1S/C16H33N/c1-6-13-8-9-14(12-13)15(17-7-2)10-11-16(3,4)5/h13-15,17H,6-12H2,1-5H3. The summed E-state index contributed by atoms with van der Waals surface area (Å²) < 4.78 is 0. The van der Waals surface area contributed by atoms with Gasteiger partial charge in [-0.05, 0) is 49.5 Å². The predicted octanol–water partition coefficient (Wildman–Crippen LogP) is 4.62. The molecule has 1 saturated carbocycles. The van der Waals surface area contributed by atoms with E-state index in [-0.39, 0.29) is 0 Å². The maximum absolute atomic E-state index is 3.74. The van der Waals surface area contributed by atoms with Crippen LogP contribution in [0.5, 0.6) is 0 Å². The number of hydrogen-bond acceptors (Lipinski definition) is 1.